The molecule has 0 fully saturated rings. The van der Waals surface area contributed by atoms with Gasteiger partial charge in [-0.1, -0.05) is 203 Å². The van der Waals surface area contributed by atoms with Crippen LogP contribution in [0.25, 0.3) is 76.8 Å². The molecule has 0 unspecified atom stereocenters. The largest absolute Gasteiger partial charge is 0.310 e. The molecule has 12 aromatic carbocycles. The lowest BCUT2D eigenvalue weighted by molar-refractivity contribution is 0.660. The second-order valence-electron chi connectivity index (χ2n) is 21.2. The minimum absolute atomic E-state index is 0.101. The molecule has 1 aliphatic heterocycles. The summed E-state index contributed by atoms with van der Waals surface area (Å²) < 4.78 is 0. The summed E-state index contributed by atoms with van der Waals surface area (Å²) in [6, 6.07) is 94.9. The second kappa shape index (κ2) is 16.9. The Morgan fingerprint density at radius 1 is 0.297 bits per heavy atom. The van der Waals surface area contributed by atoms with Gasteiger partial charge >= 0.3 is 0 Å². The number of para-hydroxylation sites is 3. The highest BCUT2D eigenvalue weighted by Crippen LogP contribution is 2.51. The summed E-state index contributed by atoms with van der Waals surface area (Å²) in [4.78, 5) is 4.86. The summed E-state index contributed by atoms with van der Waals surface area (Å²) in [6.45, 7) is 9.87. The molecule has 74 heavy (non-hydrogen) atoms. The number of benzene rings is 12. The summed E-state index contributed by atoms with van der Waals surface area (Å²) in [7, 11) is -2.27. The van der Waals surface area contributed by atoms with E-state index >= 15 is 0 Å². The predicted octanol–water partition coefficient (Wildman–Crippen LogP) is 18.5. The zero-order valence-electron chi connectivity index (χ0n) is 42.1. The van der Waals surface area contributed by atoms with Crippen LogP contribution in [-0.2, 0) is 5.41 Å². The third-order valence-corrected chi connectivity index (χ3v) is 19.9. The SMILES string of the molecule is CC1(C)c2ccccc2-c2ccc(N(c3ccccc3)c3ccc4c(c3)[Si](C)(C)c3cccc5c3c-4cc3c4ccccc4c(-c4ccc(N(c6ccccc6)c6ccccc6-c6ccccc6)cc4)cc53)cc21. The molecular weight excluding hydrogens is 909 g/mol. The van der Waals surface area contributed by atoms with Crippen LogP contribution in [0.3, 0.4) is 0 Å². The molecule has 0 spiro atoms. The van der Waals surface area contributed by atoms with E-state index in [9.17, 15) is 0 Å². The Balaban J connectivity index is 0.904. The van der Waals surface area contributed by atoms with Gasteiger partial charge in [0.05, 0.1) is 5.69 Å². The molecule has 0 aromatic heterocycles. The minimum atomic E-state index is -2.27. The molecule has 0 saturated carbocycles. The highest BCUT2D eigenvalue weighted by Gasteiger charge is 2.38. The number of nitrogens with zero attached hydrogens (tertiary/aromatic N) is 2. The van der Waals surface area contributed by atoms with E-state index in [0.717, 1.165) is 22.7 Å². The molecule has 1 heterocycles. The lowest BCUT2D eigenvalue weighted by atomic mass is 9.82. The van der Waals surface area contributed by atoms with Crippen LogP contribution in [-0.4, -0.2) is 8.07 Å². The van der Waals surface area contributed by atoms with Gasteiger partial charge in [0.2, 0.25) is 0 Å². The first-order valence-corrected chi connectivity index (χ1v) is 29.0. The van der Waals surface area contributed by atoms with Gasteiger partial charge in [-0.2, -0.15) is 0 Å². The third kappa shape index (κ3) is 6.77. The van der Waals surface area contributed by atoms with Crippen LogP contribution in [0.5, 0.6) is 0 Å². The maximum atomic E-state index is 2.56. The molecule has 2 nitrogen and oxygen atoms in total. The maximum Gasteiger partial charge on any atom is 0.113 e. The highest BCUT2D eigenvalue weighted by atomic mass is 28.3. The van der Waals surface area contributed by atoms with Crippen LogP contribution in [0, 0.1) is 0 Å². The number of hydrogen-bond acceptors (Lipinski definition) is 2. The maximum absolute atomic E-state index is 2.56. The number of hydrogen-bond donors (Lipinski definition) is 0. The van der Waals surface area contributed by atoms with Crippen LogP contribution >= 0.6 is 0 Å². The molecule has 12 aromatic rings. The topological polar surface area (TPSA) is 6.48 Å². The van der Waals surface area contributed by atoms with Crippen molar-refractivity contribution in [2.24, 2.45) is 0 Å². The summed E-state index contributed by atoms with van der Waals surface area (Å²) in [5.41, 5.74) is 19.8. The molecule has 0 bridgehead atoms. The molecule has 0 saturated heterocycles. The molecule has 0 atom stereocenters. The van der Waals surface area contributed by atoms with Crippen molar-refractivity contribution >= 4 is 84.9 Å². The van der Waals surface area contributed by atoms with E-state index in [2.05, 4.69) is 292 Å². The lowest BCUT2D eigenvalue weighted by Crippen LogP contribution is -2.56. The molecule has 1 aliphatic carbocycles. The van der Waals surface area contributed by atoms with Crippen molar-refractivity contribution < 1.29 is 0 Å². The van der Waals surface area contributed by atoms with Crippen LogP contribution in [0.2, 0.25) is 13.1 Å². The Morgan fingerprint density at radius 3 is 1.55 bits per heavy atom. The van der Waals surface area contributed by atoms with Gasteiger partial charge < -0.3 is 9.80 Å². The molecule has 0 amide bonds. The van der Waals surface area contributed by atoms with Gasteiger partial charge in [0.15, 0.2) is 0 Å². The Kier molecular flexibility index (Phi) is 10.1. The smallest absolute Gasteiger partial charge is 0.113 e. The van der Waals surface area contributed by atoms with Crippen LogP contribution in [0.1, 0.15) is 25.0 Å². The monoisotopic (exact) mass is 962 g/mol. The van der Waals surface area contributed by atoms with Gasteiger partial charge in [-0.05, 0) is 172 Å². The van der Waals surface area contributed by atoms with E-state index in [1.165, 1.54) is 110 Å². The predicted molar refractivity (Wildman–Crippen MR) is 319 cm³/mol. The van der Waals surface area contributed by atoms with Crippen molar-refractivity contribution in [1.82, 2.24) is 0 Å². The summed E-state index contributed by atoms with van der Waals surface area (Å²) in [6.07, 6.45) is 0. The average molecular weight is 963 g/mol. The Morgan fingerprint density at radius 2 is 0.811 bits per heavy atom. The van der Waals surface area contributed by atoms with Gasteiger partial charge in [0.25, 0.3) is 0 Å². The zero-order valence-corrected chi connectivity index (χ0v) is 43.1. The van der Waals surface area contributed by atoms with E-state index in [0.29, 0.717) is 0 Å². The first-order chi connectivity index (χ1) is 36.2. The highest BCUT2D eigenvalue weighted by molar-refractivity contribution is 7.03. The van der Waals surface area contributed by atoms with E-state index in [1.54, 1.807) is 0 Å². The first-order valence-electron chi connectivity index (χ1n) is 26.0. The molecule has 352 valence electrons. The fourth-order valence-electron chi connectivity index (χ4n) is 12.8. The third-order valence-electron chi connectivity index (χ3n) is 16.4. The quantitative estimate of drug-likeness (QED) is 0.111. The van der Waals surface area contributed by atoms with E-state index in [-0.39, 0.29) is 5.41 Å². The molecule has 14 rings (SSSR count). The van der Waals surface area contributed by atoms with Crippen molar-refractivity contribution in [3.8, 4) is 44.5 Å². The minimum Gasteiger partial charge on any atom is -0.310 e. The standard InChI is InChI=1S/C71H54N2Si/c1-71(2)65-32-18-16-30-57(65)58-41-39-52(43-66(58)71)72(49-23-10-6-11-24-49)53-40-42-59-64-46-62-56-29-15-14-28-55(56)61(45-63(62)60-31-20-34-68(70(60)64)74(3,4)69(59)44-53)48-35-37-51(38-36-48)73(50-25-12-7-13-26-50)67-33-19-17-27-54(67)47-21-8-5-9-22-47/h5-46H,1-4H3. The fourth-order valence-corrected chi connectivity index (χ4v) is 15.9. The fraction of sp³-hybridized carbons (Fsp3) is 0.0704. The number of rotatable bonds is 8. The Bertz CT molecular complexity index is 4180. The molecule has 3 heteroatoms. The summed E-state index contributed by atoms with van der Waals surface area (Å²) in [5.74, 6) is 0. The molecule has 0 radical (unpaired) electrons. The van der Waals surface area contributed by atoms with Crippen molar-refractivity contribution in [2.75, 3.05) is 9.80 Å². The summed E-state index contributed by atoms with van der Waals surface area (Å²) in [5, 5.41) is 10.8. The van der Waals surface area contributed by atoms with Gasteiger partial charge in [-0.25, -0.2) is 0 Å². The van der Waals surface area contributed by atoms with Gasteiger partial charge in [-0.3, -0.25) is 0 Å². The van der Waals surface area contributed by atoms with Crippen molar-refractivity contribution in [3.05, 3.63) is 266 Å². The van der Waals surface area contributed by atoms with Crippen molar-refractivity contribution in [3.63, 3.8) is 0 Å². The average Bonchev–Trinajstić information content (AvgIpc) is 3.68. The number of fused-ring (bicyclic) bond motifs is 9. The Hall–Kier alpha value is -8.76. The van der Waals surface area contributed by atoms with Crippen molar-refractivity contribution in [2.45, 2.75) is 32.4 Å². The summed E-state index contributed by atoms with van der Waals surface area (Å²) >= 11 is 0. The second-order valence-corrected chi connectivity index (χ2v) is 25.6. The first kappa shape index (κ1) is 44.0. The van der Waals surface area contributed by atoms with Crippen LogP contribution < -0.4 is 20.2 Å². The van der Waals surface area contributed by atoms with E-state index in [4.69, 9.17) is 0 Å². The van der Waals surface area contributed by atoms with Crippen LogP contribution in [0.15, 0.2) is 255 Å². The van der Waals surface area contributed by atoms with E-state index in [1.807, 2.05) is 0 Å². The van der Waals surface area contributed by atoms with Gasteiger partial charge in [0.1, 0.15) is 8.07 Å². The van der Waals surface area contributed by atoms with Gasteiger partial charge in [-0.15, -0.1) is 0 Å². The molecule has 2 aliphatic rings. The molecule has 0 N–H and O–H groups in total. The van der Waals surface area contributed by atoms with Gasteiger partial charge in [0, 0.05) is 39.4 Å². The number of anilines is 6. The van der Waals surface area contributed by atoms with Crippen LogP contribution in [0.4, 0.5) is 34.1 Å². The molecular formula is C71H54N2Si. The Labute approximate surface area is 435 Å². The van der Waals surface area contributed by atoms with Crippen molar-refractivity contribution in [1.29, 1.82) is 0 Å². The lowest BCUT2D eigenvalue weighted by Gasteiger charge is -2.36. The zero-order chi connectivity index (χ0) is 49.7. The van der Waals surface area contributed by atoms with E-state index < -0.39 is 8.07 Å². The normalized spacial score (nSPS) is 13.6.